The predicted octanol–water partition coefficient (Wildman–Crippen LogP) is 8.55. The normalized spacial score (nSPS) is 24.9. The van der Waals surface area contributed by atoms with Gasteiger partial charge in [-0.05, 0) is 111 Å². The number of allylic oxidation sites excluding steroid dienone is 1. The van der Waals surface area contributed by atoms with Gasteiger partial charge in [0.05, 0.1) is 16.9 Å². The Morgan fingerprint density at radius 1 is 0.735 bits per heavy atom. The molecule has 9 rings (SSSR count). The van der Waals surface area contributed by atoms with Gasteiger partial charge in [-0.2, -0.15) is 0 Å². The molecule has 3 N–H and O–H groups in total. The predicted molar refractivity (Wildman–Crippen MR) is 201 cm³/mol. The SMILES string of the molecule is CC1(C)CN[C@H](C2=NC=C(c3ccc(-c4ccc(-c5ccc6nc([C@@H]7CC(C)(C)CN7)[nH]c(=O)c6c5)c5c4CC4(CCCC4)C5)cc3)C2)C1. The number of aliphatic imine (C=N–C) groups is 1. The van der Waals surface area contributed by atoms with Crippen molar-refractivity contribution in [2.75, 3.05) is 13.1 Å². The highest BCUT2D eigenvalue weighted by Gasteiger charge is 2.42. The second-order valence-electron chi connectivity index (χ2n) is 17.5. The minimum atomic E-state index is -0.0489. The molecule has 1 spiro atoms. The summed E-state index contributed by atoms with van der Waals surface area (Å²) in [7, 11) is 0. The number of fused-ring (bicyclic) bond motifs is 2. The molecule has 1 saturated carbocycles. The Balaban J connectivity index is 1.02. The van der Waals surface area contributed by atoms with Gasteiger partial charge in [0.15, 0.2) is 0 Å². The van der Waals surface area contributed by atoms with Gasteiger partial charge in [0.25, 0.3) is 5.56 Å². The summed E-state index contributed by atoms with van der Waals surface area (Å²) >= 11 is 0. The van der Waals surface area contributed by atoms with Crippen LogP contribution in [0.4, 0.5) is 0 Å². The van der Waals surface area contributed by atoms with Crippen LogP contribution < -0.4 is 16.2 Å². The molecule has 49 heavy (non-hydrogen) atoms. The van der Waals surface area contributed by atoms with E-state index in [-0.39, 0.29) is 17.0 Å². The average Bonchev–Trinajstić information content (AvgIpc) is 3.92. The Morgan fingerprint density at radius 3 is 2.00 bits per heavy atom. The maximum Gasteiger partial charge on any atom is 0.258 e. The second kappa shape index (κ2) is 11.3. The molecule has 6 heteroatoms. The summed E-state index contributed by atoms with van der Waals surface area (Å²) in [5, 5.41) is 7.91. The molecule has 4 aromatic rings. The van der Waals surface area contributed by atoms with E-state index < -0.39 is 0 Å². The quantitative estimate of drug-likeness (QED) is 0.202. The van der Waals surface area contributed by atoms with E-state index in [0.717, 1.165) is 62.1 Å². The molecular weight excluding hydrogens is 603 g/mol. The van der Waals surface area contributed by atoms with E-state index in [1.165, 1.54) is 70.3 Å². The zero-order valence-corrected chi connectivity index (χ0v) is 29.5. The van der Waals surface area contributed by atoms with Crippen molar-refractivity contribution in [2.45, 2.75) is 97.6 Å². The molecule has 252 valence electrons. The van der Waals surface area contributed by atoms with Crippen LogP contribution in [0.3, 0.4) is 0 Å². The van der Waals surface area contributed by atoms with E-state index in [0.29, 0.717) is 22.3 Å². The van der Waals surface area contributed by atoms with Gasteiger partial charge in [0.2, 0.25) is 0 Å². The lowest BCUT2D eigenvalue weighted by Crippen LogP contribution is -2.29. The van der Waals surface area contributed by atoms with Crippen LogP contribution in [0.2, 0.25) is 0 Å². The van der Waals surface area contributed by atoms with Gasteiger partial charge >= 0.3 is 0 Å². The van der Waals surface area contributed by atoms with Crippen LogP contribution in [0.15, 0.2) is 70.6 Å². The largest absolute Gasteiger partial charge is 0.309 e. The van der Waals surface area contributed by atoms with Crippen molar-refractivity contribution >= 4 is 22.2 Å². The molecule has 0 bridgehead atoms. The molecule has 2 saturated heterocycles. The molecule has 3 fully saturated rings. The van der Waals surface area contributed by atoms with Gasteiger partial charge < -0.3 is 15.6 Å². The van der Waals surface area contributed by atoms with Gasteiger partial charge in [0, 0.05) is 37.5 Å². The van der Waals surface area contributed by atoms with Crippen molar-refractivity contribution in [1.29, 1.82) is 0 Å². The number of hydrogen-bond acceptors (Lipinski definition) is 5. The molecule has 5 aliphatic rings. The first-order chi connectivity index (χ1) is 23.5. The Bertz CT molecular complexity index is 2090. The number of nitrogens with zero attached hydrogens (tertiary/aromatic N) is 2. The molecule has 2 aliphatic carbocycles. The van der Waals surface area contributed by atoms with Gasteiger partial charge in [-0.25, -0.2) is 4.98 Å². The van der Waals surface area contributed by atoms with E-state index in [1.54, 1.807) is 0 Å². The lowest BCUT2D eigenvalue weighted by Gasteiger charge is -2.22. The van der Waals surface area contributed by atoms with Crippen molar-refractivity contribution in [1.82, 2.24) is 20.6 Å². The van der Waals surface area contributed by atoms with Gasteiger partial charge in [-0.15, -0.1) is 0 Å². The first-order valence-corrected chi connectivity index (χ1v) is 18.6. The highest BCUT2D eigenvalue weighted by Crippen LogP contribution is 2.53. The zero-order valence-electron chi connectivity index (χ0n) is 29.5. The van der Waals surface area contributed by atoms with E-state index in [4.69, 9.17) is 9.98 Å². The summed E-state index contributed by atoms with van der Waals surface area (Å²) in [6.07, 6.45) is 12.7. The molecule has 3 aliphatic heterocycles. The van der Waals surface area contributed by atoms with Crippen LogP contribution in [0.5, 0.6) is 0 Å². The fourth-order valence-electron chi connectivity index (χ4n) is 9.74. The number of H-pyrrole nitrogens is 1. The fourth-order valence-corrected chi connectivity index (χ4v) is 9.74. The van der Waals surface area contributed by atoms with Gasteiger partial charge in [-0.1, -0.05) is 83.0 Å². The smallest absolute Gasteiger partial charge is 0.258 e. The Morgan fingerprint density at radius 2 is 1.35 bits per heavy atom. The maximum atomic E-state index is 13.5. The van der Waals surface area contributed by atoms with Gasteiger partial charge in [-0.3, -0.25) is 9.79 Å². The third kappa shape index (κ3) is 5.61. The van der Waals surface area contributed by atoms with Crippen LogP contribution in [0.25, 0.3) is 38.7 Å². The molecule has 0 amide bonds. The number of aromatic amines is 1. The zero-order chi connectivity index (χ0) is 33.5. The standard InChI is InChI=1S/C43H49N5O/c1-41(2)21-37(45-24-41)36-18-29(23-44-36)26-7-9-27(10-8-26)30-12-13-31(34-20-43(19-33(30)34)15-5-6-16-43)28-11-14-35-32(17-28)40(49)48-39(47-35)38-22-42(3,4)25-46-38/h7-14,17,23,37-38,45-46H,5-6,15-16,18-22,24-25H2,1-4H3,(H,47,48,49)/t37-,38-/m0/s1. The van der Waals surface area contributed by atoms with Crippen LogP contribution in [-0.2, 0) is 12.8 Å². The first kappa shape index (κ1) is 31.1. The van der Waals surface area contributed by atoms with E-state index in [9.17, 15) is 4.79 Å². The van der Waals surface area contributed by atoms with E-state index in [2.05, 4.69) is 104 Å². The minimum Gasteiger partial charge on any atom is -0.309 e. The minimum absolute atomic E-state index is 0.0489. The lowest BCUT2D eigenvalue weighted by atomic mass is 9.82. The Hall–Kier alpha value is -3.87. The number of hydrogen-bond donors (Lipinski definition) is 3. The van der Waals surface area contributed by atoms with E-state index >= 15 is 0 Å². The third-order valence-corrected chi connectivity index (χ3v) is 12.5. The molecular formula is C43H49N5O. The number of benzene rings is 3. The molecule has 1 aromatic heterocycles. The summed E-state index contributed by atoms with van der Waals surface area (Å²) in [6.45, 7) is 11.2. The van der Waals surface area contributed by atoms with Crippen LogP contribution in [0.1, 0.15) is 101 Å². The number of nitrogens with one attached hydrogen (secondary N) is 3. The van der Waals surface area contributed by atoms with Crippen molar-refractivity contribution in [3.05, 3.63) is 93.7 Å². The average molecular weight is 652 g/mol. The van der Waals surface area contributed by atoms with Crippen molar-refractivity contribution in [2.24, 2.45) is 21.2 Å². The van der Waals surface area contributed by atoms with Crippen molar-refractivity contribution in [3.63, 3.8) is 0 Å². The van der Waals surface area contributed by atoms with Crippen LogP contribution in [0, 0.1) is 16.2 Å². The van der Waals surface area contributed by atoms with Crippen LogP contribution in [-0.4, -0.2) is 34.8 Å². The van der Waals surface area contributed by atoms with Crippen molar-refractivity contribution in [3.8, 4) is 22.3 Å². The van der Waals surface area contributed by atoms with Crippen LogP contribution >= 0.6 is 0 Å². The fraction of sp³-hybridized carbons (Fsp3) is 0.465. The maximum absolute atomic E-state index is 13.5. The number of rotatable bonds is 5. The monoisotopic (exact) mass is 651 g/mol. The van der Waals surface area contributed by atoms with E-state index in [1.807, 2.05) is 0 Å². The van der Waals surface area contributed by atoms with Gasteiger partial charge in [0.1, 0.15) is 5.82 Å². The lowest BCUT2D eigenvalue weighted by molar-refractivity contribution is 0.318. The van der Waals surface area contributed by atoms with Crippen molar-refractivity contribution < 1.29 is 0 Å². The molecule has 0 unspecified atom stereocenters. The topological polar surface area (TPSA) is 82.2 Å². The third-order valence-electron chi connectivity index (χ3n) is 12.5. The summed E-state index contributed by atoms with van der Waals surface area (Å²) in [6, 6.07) is 20.7. The number of aromatic nitrogens is 2. The Labute approximate surface area is 289 Å². The summed E-state index contributed by atoms with van der Waals surface area (Å²) in [4.78, 5) is 26.4. The molecule has 0 radical (unpaired) electrons. The molecule has 2 atom stereocenters. The molecule has 6 nitrogen and oxygen atoms in total. The summed E-state index contributed by atoms with van der Waals surface area (Å²) in [5.74, 6) is 0.752. The highest BCUT2D eigenvalue weighted by atomic mass is 16.1. The highest BCUT2D eigenvalue weighted by molar-refractivity contribution is 6.01. The second-order valence-corrected chi connectivity index (χ2v) is 17.5. The summed E-state index contributed by atoms with van der Waals surface area (Å²) in [5.41, 5.74) is 13.5. The Kier molecular flexibility index (Phi) is 7.20. The first-order valence-electron chi connectivity index (χ1n) is 18.6. The molecule has 4 heterocycles. The molecule has 3 aromatic carbocycles. The summed E-state index contributed by atoms with van der Waals surface area (Å²) < 4.78 is 0.